The summed E-state index contributed by atoms with van der Waals surface area (Å²) < 4.78 is 0. The summed E-state index contributed by atoms with van der Waals surface area (Å²) in [5.74, 6) is -5.25. The second kappa shape index (κ2) is 9.97. The van der Waals surface area contributed by atoms with Crippen LogP contribution in [0.5, 0.6) is 5.75 Å². The summed E-state index contributed by atoms with van der Waals surface area (Å²) in [6.07, 6.45) is 2.51. The summed E-state index contributed by atoms with van der Waals surface area (Å²) in [6.45, 7) is 0. The van der Waals surface area contributed by atoms with E-state index in [9.17, 15) is 24.3 Å². The van der Waals surface area contributed by atoms with Crippen LogP contribution in [-0.2, 0) is 19.2 Å². The fourth-order valence-electron chi connectivity index (χ4n) is 7.39. The molecule has 1 N–H and O–H groups in total. The summed E-state index contributed by atoms with van der Waals surface area (Å²) in [4.78, 5) is 58.1. The number of amides is 4. The molecule has 0 bridgehead atoms. The predicted molar refractivity (Wildman–Crippen MR) is 159 cm³/mol. The highest BCUT2D eigenvalue weighted by molar-refractivity contribution is 6.32. The molecule has 212 valence electrons. The van der Waals surface area contributed by atoms with Crippen molar-refractivity contribution in [1.29, 1.82) is 0 Å². The SMILES string of the molecule is O=C1[C@H]2[C@H](CC=C3[C@H]2C[C@H]2C(=O)N(c4ccc(Cl)cc4)C(=O)[C@H]2[C@H]3c2ccc(O)cc2Cl)C(=O)N1c1ccc(Cl)cc1. The van der Waals surface area contributed by atoms with E-state index in [-0.39, 0.29) is 40.8 Å². The van der Waals surface area contributed by atoms with E-state index in [0.717, 1.165) is 5.57 Å². The lowest BCUT2D eigenvalue weighted by molar-refractivity contribution is -0.126. The molecular weight excluding hydrogens is 599 g/mol. The van der Waals surface area contributed by atoms with Gasteiger partial charge in [0.15, 0.2) is 0 Å². The number of rotatable bonds is 3. The Morgan fingerprint density at radius 3 is 1.76 bits per heavy atom. The molecule has 3 fully saturated rings. The van der Waals surface area contributed by atoms with Crippen molar-refractivity contribution < 1.29 is 24.3 Å². The van der Waals surface area contributed by atoms with Gasteiger partial charge in [0.2, 0.25) is 23.6 Å². The first-order chi connectivity index (χ1) is 20.2. The highest BCUT2D eigenvalue weighted by atomic mass is 35.5. The average Bonchev–Trinajstić information content (AvgIpc) is 3.37. The quantitative estimate of drug-likeness (QED) is 0.270. The third kappa shape index (κ3) is 4.02. The second-order valence-electron chi connectivity index (χ2n) is 11.2. The zero-order valence-electron chi connectivity index (χ0n) is 21.9. The van der Waals surface area contributed by atoms with Crippen LogP contribution in [-0.4, -0.2) is 28.7 Å². The first-order valence-corrected chi connectivity index (χ1v) is 14.7. The molecule has 0 spiro atoms. The number of fused-ring (bicyclic) bond motifs is 4. The van der Waals surface area contributed by atoms with Gasteiger partial charge in [-0.1, -0.05) is 52.5 Å². The summed E-state index contributed by atoms with van der Waals surface area (Å²) in [5, 5.41) is 11.3. The summed E-state index contributed by atoms with van der Waals surface area (Å²) in [6, 6.07) is 17.6. The Labute approximate surface area is 256 Å². The number of phenolic OH excluding ortho intramolecular Hbond substituents is 1. The molecule has 4 amide bonds. The lowest BCUT2D eigenvalue weighted by Crippen LogP contribution is -2.43. The van der Waals surface area contributed by atoms with Crippen LogP contribution in [0, 0.1) is 29.6 Å². The average molecular weight is 622 g/mol. The largest absolute Gasteiger partial charge is 0.508 e. The second-order valence-corrected chi connectivity index (χ2v) is 12.5. The number of carbonyl (C=O) groups excluding carboxylic acids is 4. The number of hydrogen-bond acceptors (Lipinski definition) is 5. The summed E-state index contributed by atoms with van der Waals surface area (Å²) in [7, 11) is 0. The first kappa shape index (κ1) is 27.2. The molecule has 4 aliphatic rings. The van der Waals surface area contributed by atoms with Gasteiger partial charge < -0.3 is 5.11 Å². The van der Waals surface area contributed by atoms with E-state index < -0.39 is 35.5 Å². The van der Waals surface area contributed by atoms with E-state index in [2.05, 4.69) is 0 Å². The van der Waals surface area contributed by atoms with Gasteiger partial charge in [0, 0.05) is 21.0 Å². The predicted octanol–water partition coefficient (Wildman–Crippen LogP) is 6.40. The van der Waals surface area contributed by atoms with Gasteiger partial charge in [0.05, 0.1) is 35.0 Å². The molecule has 0 unspecified atom stereocenters. The fraction of sp³-hybridized carbons (Fsp3) is 0.250. The number of benzene rings is 3. The Morgan fingerprint density at radius 1 is 0.643 bits per heavy atom. The minimum Gasteiger partial charge on any atom is -0.508 e. The number of aromatic hydroxyl groups is 1. The highest BCUT2D eigenvalue weighted by Gasteiger charge is 2.62. The van der Waals surface area contributed by atoms with Gasteiger partial charge in [-0.05, 0) is 85.0 Å². The molecule has 0 radical (unpaired) electrons. The van der Waals surface area contributed by atoms with Crippen molar-refractivity contribution in [2.75, 3.05) is 9.80 Å². The first-order valence-electron chi connectivity index (χ1n) is 13.6. The third-order valence-corrected chi connectivity index (χ3v) is 9.97. The van der Waals surface area contributed by atoms with Crippen LogP contribution < -0.4 is 9.80 Å². The molecular formula is C32H23Cl3N2O5. The molecule has 0 aromatic heterocycles. The van der Waals surface area contributed by atoms with Crippen molar-refractivity contribution >= 4 is 69.8 Å². The molecule has 7 rings (SSSR count). The Kier molecular flexibility index (Phi) is 6.46. The molecule has 2 saturated heterocycles. The highest BCUT2D eigenvalue weighted by Crippen LogP contribution is 2.59. The lowest BCUT2D eigenvalue weighted by Gasteiger charge is -2.44. The number of halogens is 3. The van der Waals surface area contributed by atoms with E-state index in [0.29, 0.717) is 33.4 Å². The van der Waals surface area contributed by atoms with Gasteiger partial charge in [-0.2, -0.15) is 0 Å². The van der Waals surface area contributed by atoms with Crippen molar-refractivity contribution in [2.45, 2.75) is 18.8 Å². The van der Waals surface area contributed by atoms with Crippen molar-refractivity contribution in [3.63, 3.8) is 0 Å². The van der Waals surface area contributed by atoms with Crippen molar-refractivity contribution in [3.05, 3.63) is 99.0 Å². The monoisotopic (exact) mass is 620 g/mol. The maximum Gasteiger partial charge on any atom is 0.238 e. The van der Waals surface area contributed by atoms with Crippen LogP contribution in [0.3, 0.4) is 0 Å². The van der Waals surface area contributed by atoms with Crippen LogP contribution in [0.1, 0.15) is 24.3 Å². The van der Waals surface area contributed by atoms with E-state index in [1.165, 1.54) is 21.9 Å². The standard InChI is InChI=1S/C32H23Cl3N2O5/c33-15-1-5-17(6-2-15)36-29(39)22-12-11-20-23(27(22)31(36)41)14-24-28(26(20)21-10-9-19(38)13-25(21)35)32(42)37(30(24)40)18-7-3-16(34)4-8-18/h1-11,13,22-24,26-28,38H,12,14H2/t22-,23+,24+,26+,27-,28+/m0/s1. The van der Waals surface area contributed by atoms with Gasteiger partial charge in [-0.3, -0.25) is 29.0 Å². The third-order valence-electron chi connectivity index (χ3n) is 9.14. The number of imide groups is 2. The van der Waals surface area contributed by atoms with Crippen LogP contribution >= 0.6 is 34.8 Å². The Morgan fingerprint density at radius 2 is 1.19 bits per heavy atom. The topological polar surface area (TPSA) is 95.0 Å². The van der Waals surface area contributed by atoms with Crippen molar-refractivity contribution in [1.82, 2.24) is 0 Å². The van der Waals surface area contributed by atoms with E-state index >= 15 is 0 Å². The molecule has 2 aliphatic carbocycles. The molecule has 42 heavy (non-hydrogen) atoms. The molecule has 2 aliphatic heterocycles. The van der Waals surface area contributed by atoms with Crippen molar-refractivity contribution in [3.8, 4) is 5.75 Å². The molecule has 3 aromatic carbocycles. The van der Waals surface area contributed by atoms with Crippen LogP contribution in [0.2, 0.25) is 15.1 Å². The van der Waals surface area contributed by atoms with Crippen molar-refractivity contribution in [2.24, 2.45) is 29.6 Å². The van der Waals surface area contributed by atoms with Crippen LogP contribution in [0.15, 0.2) is 78.4 Å². The number of carbonyl (C=O) groups is 4. The summed E-state index contributed by atoms with van der Waals surface area (Å²) >= 11 is 18.8. The van der Waals surface area contributed by atoms with Crippen LogP contribution in [0.25, 0.3) is 0 Å². The van der Waals surface area contributed by atoms with Gasteiger partial charge in [0.25, 0.3) is 0 Å². The lowest BCUT2D eigenvalue weighted by atomic mass is 9.57. The molecule has 10 heteroatoms. The van der Waals surface area contributed by atoms with Gasteiger partial charge in [-0.15, -0.1) is 0 Å². The van der Waals surface area contributed by atoms with E-state index in [1.54, 1.807) is 54.6 Å². The van der Waals surface area contributed by atoms with E-state index in [4.69, 9.17) is 34.8 Å². The Bertz CT molecular complexity index is 1700. The summed E-state index contributed by atoms with van der Waals surface area (Å²) in [5.41, 5.74) is 2.26. The minimum atomic E-state index is -0.770. The minimum absolute atomic E-state index is 0.0304. The maximum absolute atomic E-state index is 14.1. The van der Waals surface area contributed by atoms with Gasteiger partial charge in [0.1, 0.15) is 5.75 Å². The number of anilines is 2. The molecule has 3 aromatic rings. The van der Waals surface area contributed by atoms with Gasteiger partial charge >= 0.3 is 0 Å². The number of phenols is 1. The smallest absolute Gasteiger partial charge is 0.238 e. The fourth-order valence-corrected chi connectivity index (χ4v) is 7.94. The normalized spacial score (nSPS) is 28.5. The maximum atomic E-state index is 14.1. The Hall–Kier alpha value is -3.65. The number of allylic oxidation sites excluding steroid dienone is 2. The van der Waals surface area contributed by atoms with Crippen LogP contribution in [0.4, 0.5) is 11.4 Å². The zero-order chi connectivity index (χ0) is 29.4. The number of nitrogens with zero attached hydrogens (tertiary/aromatic N) is 2. The molecule has 2 heterocycles. The zero-order valence-corrected chi connectivity index (χ0v) is 24.2. The molecule has 1 saturated carbocycles. The number of hydrogen-bond donors (Lipinski definition) is 1. The Balaban J connectivity index is 1.34. The van der Waals surface area contributed by atoms with Gasteiger partial charge in [-0.25, -0.2) is 0 Å². The molecule has 7 nitrogen and oxygen atoms in total. The van der Waals surface area contributed by atoms with E-state index in [1.807, 2.05) is 6.08 Å². The molecule has 6 atom stereocenters.